The van der Waals surface area contributed by atoms with E-state index in [1.165, 1.54) is 13.2 Å². The standard InChI is InChI=1S/C18H17Cl2NO2/c1-3-12-6-4-5-7-16(12)21-17(22)9-8-13-10-14(19)11-15(20)18(13)23-2/h4-11H,3H2,1-2H3,(H,21,22)/b9-8+. The lowest BCUT2D eigenvalue weighted by Crippen LogP contribution is -2.09. The van der Waals surface area contributed by atoms with Crippen molar-refractivity contribution in [1.29, 1.82) is 0 Å². The van der Waals surface area contributed by atoms with Crippen LogP contribution in [-0.4, -0.2) is 13.0 Å². The number of benzene rings is 2. The molecule has 0 aliphatic carbocycles. The van der Waals surface area contributed by atoms with Gasteiger partial charge in [-0.3, -0.25) is 4.79 Å². The molecule has 23 heavy (non-hydrogen) atoms. The average molecular weight is 350 g/mol. The SMILES string of the molecule is CCc1ccccc1NC(=O)/C=C/c1cc(Cl)cc(Cl)c1OC. The second-order valence-corrected chi connectivity index (χ2v) is 5.69. The number of nitrogens with one attached hydrogen (secondary N) is 1. The van der Waals surface area contributed by atoms with Gasteiger partial charge < -0.3 is 10.1 Å². The normalized spacial score (nSPS) is 10.8. The van der Waals surface area contributed by atoms with Crippen LogP contribution >= 0.6 is 23.2 Å². The van der Waals surface area contributed by atoms with E-state index >= 15 is 0 Å². The van der Waals surface area contributed by atoms with Crippen LogP contribution in [0, 0.1) is 0 Å². The number of hydrogen-bond acceptors (Lipinski definition) is 2. The van der Waals surface area contributed by atoms with E-state index in [0.717, 1.165) is 17.7 Å². The van der Waals surface area contributed by atoms with E-state index in [0.29, 0.717) is 21.4 Å². The Balaban J connectivity index is 2.19. The number of amides is 1. The van der Waals surface area contributed by atoms with E-state index in [9.17, 15) is 4.79 Å². The zero-order valence-corrected chi connectivity index (χ0v) is 14.4. The predicted octanol–water partition coefficient (Wildman–Crippen LogP) is 5.22. The van der Waals surface area contributed by atoms with Gasteiger partial charge in [0.25, 0.3) is 0 Å². The lowest BCUT2D eigenvalue weighted by molar-refractivity contribution is -0.111. The number of carbonyl (C=O) groups is 1. The topological polar surface area (TPSA) is 38.3 Å². The molecule has 0 spiro atoms. The molecule has 1 N–H and O–H groups in total. The van der Waals surface area contributed by atoms with Crippen molar-refractivity contribution in [3.05, 3.63) is 63.6 Å². The van der Waals surface area contributed by atoms with Crippen LogP contribution in [0.15, 0.2) is 42.5 Å². The Morgan fingerprint density at radius 3 is 2.70 bits per heavy atom. The summed E-state index contributed by atoms with van der Waals surface area (Å²) in [7, 11) is 1.52. The molecule has 5 heteroatoms. The van der Waals surface area contributed by atoms with Crippen molar-refractivity contribution in [2.24, 2.45) is 0 Å². The van der Waals surface area contributed by atoms with Crippen LogP contribution in [-0.2, 0) is 11.2 Å². The van der Waals surface area contributed by atoms with Crippen molar-refractivity contribution in [2.45, 2.75) is 13.3 Å². The highest BCUT2D eigenvalue weighted by atomic mass is 35.5. The van der Waals surface area contributed by atoms with Gasteiger partial charge in [0.2, 0.25) is 5.91 Å². The summed E-state index contributed by atoms with van der Waals surface area (Å²) >= 11 is 12.1. The number of halogens is 2. The predicted molar refractivity (Wildman–Crippen MR) is 96.5 cm³/mol. The Hall–Kier alpha value is -1.97. The molecule has 0 saturated carbocycles. The number of methoxy groups -OCH3 is 1. The molecular weight excluding hydrogens is 333 g/mol. The van der Waals surface area contributed by atoms with Gasteiger partial charge in [0, 0.05) is 22.3 Å². The van der Waals surface area contributed by atoms with Crippen molar-refractivity contribution in [3.63, 3.8) is 0 Å². The molecule has 2 aromatic rings. The molecule has 0 aromatic heterocycles. The zero-order chi connectivity index (χ0) is 16.8. The van der Waals surface area contributed by atoms with Crippen molar-refractivity contribution in [3.8, 4) is 5.75 Å². The third kappa shape index (κ3) is 4.50. The molecule has 0 fully saturated rings. The molecule has 0 heterocycles. The van der Waals surface area contributed by atoms with Gasteiger partial charge in [-0.05, 0) is 36.3 Å². The summed E-state index contributed by atoms with van der Waals surface area (Å²) in [5.74, 6) is 0.248. The van der Waals surface area contributed by atoms with Gasteiger partial charge in [0.1, 0.15) is 5.75 Å². The van der Waals surface area contributed by atoms with Gasteiger partial charge in [-0.25, -0.2) is 0 Å². The molecule has 0 saturated heterocycles. The molecule has 0 atom stereocenters. The smallest absolute Gasteiger partial charge is 0.248 e. The van der Waals surface area contributed by atoms with Crippen LogP contribution < -0.4 is 10.1 Å². The second kappa shape index (κ2) is 8.04. The maximum atomic E-state index is 12.1. The summed E-state index contributed by atoms with van der Waals surface area (Å²) in [6, 6.07) is 11.0. The molecule has 3 nitrogen and oxygen atoms in total. The number of para-hydroxylation sites is 1. The van der Waals surface area contributed by atoms with Crippen LogP contribution in [0.5, 0.6) is 5.75 Å². The fourth-order valence-corrected chi connectivity index (χ4v) is 2.80. The number of aryl methyl sites for hydroxylation is 1. The fraction of sp³-hybridized carbons (Fsp3) is 0.167. The number of ether oxygens (including phenoxy) is 1. The van der Waals surface area contributed by atoms with Crippen molar-refractivity contribution in [1.82, 2.24) is 0 Å². The van der Waals surface area contributed by atoms with Gasteiger partial charge in [-0.2, -0.15) is 0 Å². The summed E-state index contributed by atoms with van der Waals surface area (Å²) < 4.78 is 5.24. The zero-order valence-electron chi connectivity index (χ0n) is 12.9. The van der Waals surface area contributed by atoms with Crippen molar-refractivity contribution in [2.75, 3.05) is 12.4 Å². The maximum absolute atomic E-state index is 12.1. The fourth-order valence-electron chi connectivity index (χ4n) is 2.21. The first-order chi connectivity index (χ1) is 11.0. The van der Waals surface area contributed by atoms with Gasteiger partial charge in [0.15, 0.2) is 0 Å². The Morgan fingerprint density at radius 2 is 2.00 bits per heavy atom. The quantitative estimate of drug-likeness (QED) is 0.751. The highest BCUT2D eigenvalue weighted by molar-refractivity contribution is 6.36. The van der Waals surface area contributed by atoms with Gasteiger partial charge in [0.05, 0.1) is 12.1 Å². The van der Waals surface area contributed by atoms with Crippen LogP contribution in [0.3, 0.4) is 0 Å². The first-order valence-electron chi connectivity index (χ1n) is 7.15. The van der Waals surface area contributed by atoms with E-state index in [2.05, 4.69) is 5.32 Å². The molecule has 0 aliphatic rings. The highest BCUT2D eigenvalue weighted by Gasteiger charge is 2.08. The van der Waals surface area contributed by atoms with Gasteiger partial charge in [-0.15, -0.1) is 0 Å². The first-order valence-corrected chi connectivity index (χ1v) is 7.90. The summed E-state index contributed by atoms with van der Waals surface area (Å²) in [5, 5.41) is 3.74. The van der Waals surface area contributed by atoms with Crippen LogP contribution in [0.25, 0.3) is 6.08 Å². The molecule has 0 radical (unpaired) electrons. The summed E-state index contributed by atoms with van der Waals surface area (Å²) in [6.07, 6.45) is 3.90. The molecule has 0 bridgehead atoms. The van der Waals surface area contributed by atoms with Crippen LogP contribution in [0.2, 0.25) is 10.0 Å². The molecule has 0 unspecified atom stereocenters. The number of rotatable bonds is 5. The van der Waals surface area contributed by atoms with Crippen molar-refractivity contribution >= 4 is 40.9 Å². The Labute approximate surface area is 145 Å². The molecule has 1 amide bonds. The number of anilines is 1. The summed E-state index contributed by atoms with van der Waals surface area (Å²) in [4.78, 5) is 12.1. The third-order valence-electron chi connectivity index (χ3n) is 3.31. The minimum atomic E-state index is -0.232. The minimum Gasteiger partial charge on any atom is -0.495 e. The van der Waals surface area contributed by atoms with Crippen molar-refractivity contribution < 1.29 is 9.53 Å². The minimum absolute atomic E-state index is 0.232. The molecular formula is C18H17Cl2NO2. The van der Waals surface area contributed by atoms with E-state index in [-0.39, 0.29) is 5.91 Å². The Morgan fingerprint density at radius 1 is 1.26 bits per heavy atom. The lowest BCUT2D eigenvalue weighted by atomic mass is 10.1. The van der Waals surface area contributed by atoms with Crippen LogP contribution in [0.4, 0.5) is 5.69 Å². The van der Waals surface area contributed by atoms with E-state index in [1.54, 1.807) is 18.2 Å². The van der Waals surface area contributed by atoms with E-state index < -0.39 is 0 Å². The number of carbonyl (C=O) groups excluding carboxylic acids is 1. The second-order valence-electron chi connectivity index (χ2n) is 4.84. The third-order valence-corrected chi connectivity index (χ3v) is 3.81. The van der Waals surface area contributed by atoms with E-state index in [4.69, 9.17) is 27.9 Å². The van der Waals surface area contributed by atoms with Crippen LogP contribution in [0.1, 0.15) is 18.1 Å². The maximum Gasteiger partial charge on any atom is 0.248 e. The Bertz CT molecular complexity index is 742. The molecule has 2 aromatic carbocycles. The monoisotopic (exact) mass is 349 g/mol. The lowest BCUT2D eigenvalue weighted by Gasteiger charge is -2.09. The highest BCUT2D eigenvalue weighted by Crippen LogP contribution is 2.33. The average Bonchev–Trinajstić information content (AvgIpc) is 2.53. The molecule has 2 rings (SSSR count). The molecule has 0 aliphatic heterocycles. The molecule has 120 valence electrons. The largest absolute Gasteiger partial charge is 0.495 e. The summed E-state index contributed by atoms with van der Waals surface area (Å²) in [6.45, 7) is 2.04. The van der Waals surface area contributed by atoms with Gasteiger partial charge in [-0.1, -0.05) is 48.3 Å². The Kier molecular flexibility index (Phi) is 6.08. The number of hydrogen-bond donors (Lipinski definition) is 1. The van der Waals surface area contributed by atoms with E-state index in [1.807, 2.05) is 31.2 Å². The van der Waals surface area contributed by atoms with Gasteiger partial charge >= 0.3 is 0 Å². The summed E-state index contributed by atoms with van der Waals surface area (Å²) in [5.41, 5.74) is 2.53. The first kappa shape index (κ1) is 17.4.